The van der Waals surface area contributed by atoms with E-state index in [-0.39, 0.29) is 5.92 Å². The summed E-state index contributed by atoms with van der Waals surface area (Å²) in [7, 11) is 2.06. The Bertz CT molecular complexity index is 335. The van der Waals surface area contributed by atoms with Crippen LogP contribution in [0, 0.1) is 12.8 Å². The fourth-order valence-corrected chi connectivity index (χ4v) is 2.25. The SMILES string of the molecule is Cc1csc(CN(C)CC(C)C(N)=S)n1. The molecule has 0 bridgehead atoms. The van der Waals surface area contributed by atoms with Crippen LogP contribution in [-0.2, 0) is 6.54 Å². The molecule has 1 aromatic heterocycles. The Balaban J connectivity index is 2.42. The van der Waals surface area contributed by atoms with Crippen LogP contribution >= 0.6 is 23.6 Å². The first-order valence-corrected chi connectivity index (χ1v) is 6.16. The van der Waals surface area contributed by atoms with Crippen molar-refractivity contribution in [2.45, 2.75) is 20.4 Å². The molecule has 5 heteroatoms. The van der Waals surface area contributed by atoms with Crippen LogP contribution in [0.15, 0.2) is 5.38 Å². The predicted molar refractivity (Wildman–Crippen MR) is 69.1 cm³/mol. The smallest absolute Gasteiger partial charge is 0.107 e. The zero-order valence-corrected chi connectivity index (χ0v) is 11.0. The van der Waals surface area contributed by atoms with Gasteiger partial charge in [-0.3, -0.25) is 4.90 Å². The number of aryl methyl sites for hydroxylation is 1. The van der Waals surface area contributed by atoms with Crippen LogP contribution in [-0.4, -0.2) is 28.5 Å². The van der Waals surface area contributed by atoms with Gasteiger partial charge >= 0.3 is 0 Å². The number of hydrogen-bond acceptors (Lipinski definition) is 4. The third-order valence-electron chi connectivity index (χ3n) is 2.14. The Labute approximate surface area is 100 Å². The zero-order valence-electron chi connectivity index (χ0n) is 9.36. The minimum absolute atomic E-state index is 0.256. The number of nitrogens with two attached hydrogens (primary N) is 1. The molecule has 0 aliphatic heterocycles. The maximum absolute atomic E-state index is 5.57. The molecule has 1 heterocycles. The average molecular weight is 243 g/mol. The predicted octanol–water partition coefficient (Wildman–Crippen LogP) is 1.81. The molecule has 0 spiro atoms. The van der Waals surface area contributed by atoms with E-state index in [9.17, 15) is 0 Å². The van der Waals surface area contributed by atoms with Gasteiger partial charge in [-0.15, -0.1) is 11.3 Å². The maximum atomic E-state index is 5.57. The second-order valence-electron chi connectivity index (χ2n) is 3.88. The van der Waals surface area contributed by atoms with Crippen molar-refractivity contribution in [1.82, 2.24) is 9.88 Å². The number of thiazole rings is 1. The maximum Gasteiger partial charge on any atom is 0.107 e. The van der Waals surface area contributed by atoms with Crippen molar-refractivity contribution in [1.29, 1.82) is 0 Å². The van der Waals surface area contributed by atoms with Crippen LogP contribution in [0.1, 0.15) is 17.6 Å². The highest BCUT2D eigenvalue weighted by Gasteiger charge is 2.10. The van der Waals surface area contributed by atoms with Gasteiger partial charge in [0.15, 0.2) is 0 Å². The molecule has 3 nitrogen and oxygen atoms in total. The molecule has 0 amide bonds. The van der Waals surface area contributed by atoms with Crippen molar-refractivity contribution in [3.8, 4) is 0 Å². The summed E-state index contributed by atoms with van der Waals surface area (Å²) in [4.78, 5) is 7.19. The first-order valence-electron chi connectivity index (χ1n) is 4.88. The van der Waals surface area contributed by atoms with E-state index in [1.165, 1.54) is 0 Å². The van der Waals surface area contributed by atoms with Gasteiger partial charge in [0.2, 0.25) is 0 Å². The monoisotopic (exact) mass is 243 g/mol. The van der Waals surface area contributed by atoms with E-state index >= 15 is 0 Å². The van der Waals surface area contributed by atoms with Crippen LogP contribution in [0.4, 0.5) is 0 Å². The van der Waals surface area contributed by atoms with E-state index < -0.39 is 0 Å². The van der Waals surface area contributed by atoms with Gasteiger partial charge in [0.05, 0.1) is 11.5 Å². The van der Waals surface area contributed by atoms with Crippen molar-refractivity contribution < 1.29 is 0 Å². The number of thiocarbonyl (C=S) groups is 1. The van der Waals surface area contributed by atoms with Crippen molar-refractivity contribution >= 4 is 28.5 Å². The number of aromatic nitrogens is 1. The molecule has 1 unspecified atom stereocenters. The summed E-state index contributed by atoms with van der Waals surface area (Å²) in [5.41, 5.74) is 6.66. The number of rotatable bonds is 5. The lowest BCUT2D eigenvalue weighted by Crippen LogP contribution is -2.31. The molecule has 0 saturated heterocycles. The lowest BCUT2D eigenvalue weighted by Gasteiger charge is -2.19. The van der Waals surface area contributed by atoms with Gasteiger partial charge in [0.1, 0.15) is 5.01 Å². The van der Waals surface area contributed by atoms with Gasteiger partial charge in [-0.25, -0.2) is 4.98 Å². The molecule has 0 fully saturated rings. The minimum atomic E-state index is 0.256. The zero-order chi connectivity index (χ0) is 11.4. The van der Waals surface area contributed by atoms with E-state index in [2.05, 4.69) is 22.3 Å². The Morgan fingerprint density at radius 2 is 2.40 bits per heavy atom. The third kappa shape index (κ3) is 4.24. The Hall–Kier alpha value is -0.520. The highest BCUT2D eigenvalue weighted by atomic mass is 32.1. The highest BCUT2D eigenvalue weighted by molar-refractivity contribution is 7.80. The van der Waals surface area contributed by atoms with Crippen LogP contribution in [0.25, 0.3) is 0 Å². The topological polar surface area (TPSA) is 42.1 Å². The molecule has 0 radical (unpaired) electrons. The standard InChI is InChI=1S/C10H17N3S2/c1-7(10(11)14)4-13(3)5-9-12-8(2)6-15-9/h6-7H,4-5H2,1-3H3,(H2,11,14). The first-order chi connectivity index (χ1) is 6.99. The highest BCUT2D eigenvalue weighted by Crippen LogP contribution is 2.11. The van der Waals surface area contributed by atoms with Crippen molar-refractivity contribution in [2.75, 3.05) is 13.6 Å². The quantitative estimate of drug-likeness (QED) is 0.801. The summed E-state index contributed by atoms with van der Waals surface area (Å²) < 4.78 is 0. The summed E-state index contributed by atoms with van der Waals surface area (Å²) in [5.74, 6) is 0.256. The largest absolute Gasteiger partial charge is 0.393 e. The van der Waals surface area contributed by atoms with Crippen LogP contribution in [0.5, 0.6) is 0 Å². The van der Waals surface area contributed by atoms with Gasteiger partial charge in [0.25, 0.3) is 0 Å². The Kier molecular flexibility index (Phi) is 4.63. The van der Waals surface area contributed by atoms with Crippen LogP contribution in [0.2, 0.25) is 0 Å². The van der Waals surface area contributed by atoms with Crippen molar-refractivity contribution in [3.05, 3.63) is 16.1 Å². The molecule has 1 atom stereocenters. The second-order valence-corrected chi connectivity index (χ2v) is 5.30. The molecule has 0 saturated carbocycles. The molecule has 2 N–H and O–H groups in total. The van der Waals surface area contributed by atoms with Crippen LogP contribution in [0.3, 0.4) is 0 Å². The van der Waals surface area contributed by atoms with E-state index in [4.69, 9.17) is 18.0 Å². The molecule has 0 aliphatic carbocycles. The first kappa shape index (κ1) is 12.5. The van der Waals surface area contributed by atoms with E-state index in [1.807, 2.05) is 13.8 Å². The fraction of sp³-hybridized carbons (Fsp3) is 0.600. The molecular formula is C10H17N3S2. The summed E-state index contributed by atoms with van der Waals surface area (Å²) in [6.45, 7) is 5.81. The molecule has 15 heavy (non-hydrogen) atoms. The minimum Gasteiger partial charge on any atom is -0.393 e. The van der Waals surface area contributed by atoms with Gasteiger partial charge < -0.3 is 5.73 Å². The van der Waals surface area contributed by atoms with E-state index in [0.717, 1.165) is 23.8 Å². The molecule has 84 valence electrons. The molecular weight excluding hydrogens is 226 g/mol. The number of nitrogens with zero attached hydrogens (tertiary/aromatic N) is 2. The van der Waals surface area contributed by atoms with Gasteiger partial charge in [-0.2, -0.15) is 0 Å². The van der Waals surface area contributed by atoms with E-state index in [1.54, 1.807) is 11.3 Å². The lowest BCUT2D eigenvalue weighted by molar-refractivity contribution is 0.307. The molecule has 1 rings (SSSR count). The van der Waals surface area contributed by atoms with Crippen molar-refractivity contribution in [2.24, 2.45) is 11.7 Å². The van der Waals surface area contributed by atoms with Crippen LogP contribution < -0.4 is 5.73 Å². The summed E-state index contributed by atoms with van der Waals surface area (Å²) >= 11 is 6.64. The van der Waals surface area contributed by atoms with Crippen molar-refractivity contribution in [3.63, 3.8) is 0 Å². The third-order valence-corrected chi connectivity index (χ3v) is 3.50. The Morgan fingerprint density at radius 1 is 1.73 bits per heavy atom. The molecule has 0 aromatic carbocycles. The second kappa shape index (κ2) is 5.53. The summed E-state index contributed by atoms with van der Waals surface area (Å²) in [6.07, 6.45) is 0. The number of hydrogen-bond donors (Lipinski definition) is 1. The fourth-order valence-electron chi connectivity index (χ4n) is 1.33. The van der Waals surface area contributed by atoms with Gasteiger partial charge in [-0.05, 0) is 14.0 Å². The molecule has 1 aromatic rings. The average Bonchev–Trinajstić information content (AvgIpc) is 2.50. The summed E-state index contributed by atoms with van der Waals surface area (Å²) in [5, 5.41) is 3.21. The molecule has 0 aliphatic rings. The lowest BCUT2D eigenvalue weighted by atomic mass is 10.2. The van der Waals surface area contributed by atoms with E-state index in [0.29, 0.717) is 4.99 Å². The normalized spacial score (nSPS) is 13.1. The van der Waals surface area contributed by atoms with Gasteiger partial charge in [-0.1, -0.05) is 19.1 Å². The summed E-state index contributed by atoms with van der Waals surface area (Å²) in [6, 6.07) is 0. The van der Waals surface area contributed by atoms with Gasteiger partial charge in [0, 0.05) is 23.5 Å². The Morgan fingerprint density at radius 3 is 2.87 bits per heavy atom.